The van der Waals surface area contributed by atoms with Crippen LogP contribution in [0.1, 0.15) is 0 Å². The van der Waals surface area contributed by atoms with Crippen molar-refractivity contribution in [2.75, 3.05) is 0 Å². The molecule has 0 amide bonds. The monoisotopic (exact) mass is 597 g/mol. The van der Waals surface area contributed by atoms with Crippen LogP contribution in [0.15, 0.2) is 188 Å². The zero-order valence-electron chi connectivity index (χ0n) is 25.8. The third-order valence-electron chi connectivity index (χ3n) is 9.40. The van der Waals surface area contributed by atoms with Crippen molar-refractivity contribution in [3.05, 3.63) is 188 Å². The summed E-state index contributed by atoms with van der Waals surface area (Å²) >= 11 is 0. The fourth-order valence-electron chi connectivity index (χ4n) is 7.14. The van der Waals surface area contributed by atoms with Crippen molar-refractivity contribution in [2.45, 2.75) is 0 Å². The molecule has 220 valence electrons. The van der Waals surface area contributed by atoms with Gasteiger partial charge in [0.1, 0.15) is 0 Å². The summed E-state index contributed by atoms with van der Waals surface area (Å²) in [6.07, 6.45) is 0. The number of fused-ring (bicyclic) bond motifs is 4. The number of aromatic nitrogens is 1. The van der Waals surface area contributed by atoms with Gasteiger partial charge in [0.15, 0.2) is 0 Å². The molecule has 1 heterocycles. The molecule has 0 atom stereocenters. The van der Waals surface area contributed by atoms with Crippen LogP contribution < -0.4 is 0 Å². The molecule has 0 aliphatic carbocycles. The van der Waals surface area contributed by atoms with E-state index in [1.165, 1.54) is 82.8 Å². The van der Waals surface area contributed by atoms with Crippen molar-refractivity contribution in [1.82, 2.24) is 4.57 Å². The van der Waals surface area contributed by atoms with E-state index < -0.39 is 0 Å². The first-order chi connectivity index (χ1) is 23.3. The Labute approximate surface area is 274 Å². The van der Waals surface area contributed by atoms with Gasteiger partial charge in [0.05, 0.1) is 16.7 Å². The van der Waals surface area contributed by atoms with Crippen LogP contribution in [0.2, 0.25) is 0 Å². The first kappa shape index (κ1) is 27.2. The quantitative estimate of drug-likeness (QED) is 0.186. The average molecular weight is 598 g/mol. The van der Waals surface area contributed by atoms with E-state index in [1.807, 2.05) is 0 Å². The van der Waals surface area contributed by atoms with Crippen molar-refractivity contribution < 1.29 is 0 Å². The van der Waals surface area contributed by atoms with Gasteiger partial charge < -0.3 is 4.57 Å². The van der Waals surface area contributed by atoms with Gasteiger partial charge in [-0.05, 0) is 86.3 Å². The maximum absolute atomic E-state index is 2.42. The van der Waals surface area contributed by atoms with Gasteiger partial charge in [-0.15, -0.1) is 0 Å². The molecule has 0 saturated heterocycles. The van der Waals surface area contributed by atoms with Gasteiger partial charge in [-0.25, -0.2) is 0 Å². The SMILES string of the molecule is c1ccc(-c2cc(-c3ccccc3)cc(-c3ccc(-c4ccc(-n5c6ccccc6c6ccccc65)c5ccccc45)cc3)c2)cc1. The van der Waals surface area contributed by atoms with Crippen molar-refractivity contribution in [3.63, 3.8) is 0 Å². The van der Waals surface area contributed by atoms with Gasteiger partial charge in [-0.1, -0.05) is 152 Å². The minimum absolute atomic E-state index is 1.20. The minimum Gasteiger partial charge on any atom is -0.309 e. The highest BCUT2D eigenvalue weighted by molar-refractivity contribution is 6.11. The number of benzene rings is 8. The van der Waals surface area contributed by atoms with E-state index in [9.17, 15) is 0 Å². The second-order valence-electron chi connectivity index (χ2n) is 12.2. The highest BCUT2D eigenvalue weighted by Gasteiger charge is 2.16. The molecule has 0 spiro atoms. The van der Waals surface area contributed by atoms with Crippen molar-refractivity contribution >= 4 is 32.6 Å². The molecule has 0 unspecified atom stereocenters. The zero-order chi connectivity index (χ0) is 31.2. The number of rotatable bonds is 5. The van der Waals surface area contributed by atoms with Crippen molar-refractivity contribution in [2.24, 2.45) is 0 Å². The lowest BCUT2D eigenvalue weighted by Gasteiger charge is -2.15. The zero-order valence-corrected chi connectivity index (χ0v) is 25.8. The largest absolute Gasteiger partial charge is 0.309 e. The van der Waals surface area contributed by atoms with Crippen LogP contribution in [0.5, 0.6) is 0 Å². The summed E-state index contributed by atoms with van der Waals surface area (Å²) in [7, 11) is 0. The molecule has 47 heavy (non-hydrogen) atoms. The standard InChI is InChI=1S/C46H31N/c1-3-13-32(14-4-1)36-29-37(33-15-5-2-6-16-33)31-38(30-36)34-23-25-35(26-24-34)39-27-28-46(41-18-8-7-17-40(39)41)47-44-21-11-9-19-42(44)43-20-10-12-22-45(43)47/h1-31H. The first-order valence-electron chi connectivity index (χ1n) is 16.2. The molecule has 0 N–H and O–H groups in total. The van der Waals surface area contributed by atoms with Crippen LogP contribution in [-0.2, 0) is 0 Å². The van der Waals surface area contributed by atoms with Crippen LogP contribution in [0.4, 0.5) is 0 Å². The lowest BCUT2D eigenvalue weighted by atomic mass is 9.92. The van der Waals surface area contributed by atoms with E-state index in [1.54, 1.807) is 0 Å². The topological polar surface area (TPSA) is 4.93 Å². The van der Waals surface area contributed by atoms with Crippen LogP contribution in [-0.4, -0.2) is 4.57 Å². The molecule has 0 saturated carbocycles. The summed E-state index contributed by atoms with van der Waals surface area (Å²) in [5.74, 6) is 0. The molecule has 1 nitrogen and oxygen atoms in total. The lowest BCUT2D eigenvalue weighted by Crippen LogP contribution is -1.96. The molecule has 0 bridgehead atoms. The fraction of sp³-hybridized carbons (Fsp3) is 0. The smallest absolute Gasteiger partial charge is 0.0541 e. The molecule has 9 rings (SSSR count). The third kappa shape index (κ3) is 4.72. The van der Waals surface area contributed by atoms with E-state index in [-0.39, 0.29) is 0 Å². The summed E-state index contributed by atoms with van der Waals surface area (Å²) in [4.78, 5) is 0. The normalized spacial score (nSPS) is 11.4. The van der Waals surface area contributed by atoms with Crippen LogP contribution in [0.3, 0.4) is 0 Å². The Balaban J connectivity index is 1.16. The number of para-hydroxylation sites is 2. The molecule has 0 radical (unpaired) electrons. The van der Waals surface area contributed by atoms with E-state index in [4.69, 9.17) is 0 Å². The highest BCUT2D eigenvalue weighted by atomic mass is 15.0. The number of nitrogens with zero attached hydrogens (tertiary/aromatic N) is 1. The fourth-order valence-corrected chi connectivity index (χ4v) is 7.14. The Morgan fingerprint density at radius 1 is 0.255 bits per heavy atom. The minimum atomic E-state index is 1.20. The maximum Gasteiger partial charge on any atom is 0.0541 e. The van der Waals surface area contributed by atoms with E-state index in [0.29, 0.717) is 0 Å². The Bertz CT molecular complexity index is 2430. The lowest BCUT2D eigenvalue weighted by molar-refractivity contribution is 1.20. The molecule has 0 fully saturated rings. The highest BCUT2D eigenvalue weighted by Crippen LogP contribution is 2.39. The van der Waals surface area contributed by atoms with Gasteiger partial charge in [0.2, 0.25) is 0 Å². The Morgan fingerprint density at radius 3 is 1.19 bits per heavy atom. The van der Waals surface area contributed by atoms with E-state index >= 15 is 0 Å². The average Bonchev–Trinajstić information content (AvgIpc) is 3.49. The predicted octanol–water partition coefficient (Wildman–Crippen LogP) is 12.6. The summed E-state index contributed by atoms with van der Waals surface area (Å²) in [6.45, 7) is 0. The Kier molecular flexibility index (Phi) is 6.54. The van der Waals surface area contributed by atoms with Gasteiger partial charge in [-0.2, -0.15) is 0 Å². The number of hydrogen-bond acceptors (Lipinski definition) is 0. The molecule has 1 heteroatoms. The Hall–Kier alpha value is -6.18. The third-order valence-corrected chi connectivity index (χ3v) is 9.40. The maximum atomic E-state index is 2.42. The van der Waals surface area contributed by atoms with Crippen molar-refractivity contribution in [1.29, 1.82) is 0 Å². The van der Waals surface area contributed by atoms with Crippen LogP contribution in [0, 0.1) is 0 Å². The summed E-state index contributed by atoms with van der Waals surface area (Å²) in [5.41, 5.74) is 13.4. The van der Waals surface area contributed by atoms with E-state index in [2.05, 4.69) is 193 Å². The first-order valence-corrected chi connectivity index (χ1v) is 16.2. The van der Waals surface area contributed by atoms with Gasteiger partial charge in [-0.3, -0.25) is 0 Å². The summed E-state index contributed by atoms with van der Waals surface area (Å²) in [6, 6.07) is 68.1. The molecule has 0 aliphatic heterocycles. The van der Waals surface area contributed by atoms with Gasteiger partial charge >= 0.3 is 0 Å². The second-order valence-corrected chi connectivity index (χ2v) is 12.2. The van der Waals surface area contributed by atoms with Crippen LogP contribution in [0.25, 0.3) is 82.8 Å². The van der Waals surface area contributed by atoms with Gasteiger partial charge in [0.25, 0.3) is 0 Å². The molecule has 9 aromatic rings. The molecule has 1 aromatic heterocycles. The van der Waals surface area contributed by atoms with Crippen LogP contribution >= 0.6 is 0 Å². The molecule has 0 aliphatic rings. The second kappa shape index (κ2) is 11.3. The molecular formula is C46H31N. The summed E-state index contributed by atoms with van der Waals surface area (Å²) < 4.78 is 2.42. The molecule has 8 aromatic carbocycles. The van der Waals surface area contributed by atoms with Gasteiger partial charge in [0, 0.05) is 16.2 Å². The predicted molar refractivity (Wildman–Crippen MR) is 200 cm³/mol. The molecular weight excluding hydrogens is 567 g/mol. The van der Waals surface area contributed by atoms with E-state index in [0.717, 1.165) is 0 Å². The van der Waals surface area contributed by atoms with Crippen molar-refractivity contribution in [3.8, 4) is 50.2 Å². The Morgan fingerprint density at radius 2 is 0.660 bits per heavy atom. The number of hydrogen-bond donors (Lipinski definition) is 0. The summed E-state index contributed by atoms with van der Waals surface area (Å²) in [5, 5.41) is 5.04.